The summed E-state index contributed by atoms with van der Waals surface area (Å²) in [6.07, 6.45) is -0.450. The Morgan fingerprint density at radius 1 is 1.16 bits per heavy atom. The van der Waals surface area contributed by atoms with Crippen LogP contribution in [0.2, 0.25) is 0 Å². The molecule has 0 fully saturated rings. The molecule has 1 aromatic carbocycles. The number of halogens is 4. The van der Waals surface area contributed by atoms with Gasteiger partial charge in [0.1, 0.15) is 0 Å². The maximum Gasteiger partial charge on any atom is 0.416 e. The van der Waals surface area contributed by atoms with Crippen LogP contribution in [-0.4, -0.2) is 33.7 Å². The lowest BCUT2D eigenvalue weighted by atomic mass is 9.91. The van der Waals surface area contributed by atoms with E-state index in [0.717, 1.165) is 15.3 Å². The molecule has 3 aromatic rings. The molecule has 0 saturated heterocycles. The molecular weight excluding hydrogens is 610 g/mol. The molecule has 2 atom stereocenters. The number of ether oxygens (including phenoxy) is 1. The van der Waals surface area contributed by atoms with E-state index in [9.17, 15) is 18.0 Å². The van der Waals surface area contributed by atoms with Gasteiger partial charge in [0.2, 0.25) is 5.95 Å². The van der Waals surface area contributed by atoms with E-state index in [0.29, 0.717) is 41.3 Å². The zero-order valence-electron chi connectivity index (χ0n) is 21.6. The van der Waals surface area contributed by atoms with Gasteiger partial charge in [-0.25, -0.2) is 14.8 Å². The predicted molar refractivity (Wildman–Crippen MR) is 147 cm³/mol. The van der Waals surface area contributed by atoms with Gasteiger partial charge in [0.25, 0.3) is 0 Å². The van der Waals surface area contributed by atoms with Gasteiger partial charge in [-0.05, 0) is 86.0 Å². The molecule has 11 heteroatoms. The first-order chi connectivity index (χ1) is 18.0. The number of fused-ring (bicyclic) bond motifs is 1. The van der Waals surface area contributed by atoms with Crippen LogP contribution >= 0.6 is 22.6 Å². The van der Waals surface area contributed by atoms with Gasteiger partial charge in [-0.1, -0.05) is 18.6 Å². The first-order valence-electron chi connectivity index (χ1n) is 12.4. The number of hydrogen-bond donors (Lipinski definition) is 0. The van der Waals surface area contributed by atoms with Crippen molar-refractivity contribution in [3.63, 3.8) is 0 Å². The van der Waals surface area contributed by atoms with Gasteiger partial charge in [-0.2, -0.15) is 13.2 Å². The fourth-order valence-electron chi connectivity index (χ4n) is 4.84. The molecule has 0 aliphatic carbocycles. The van der Waals surface area contributed by atoms with E-state index in [-0.39, 0.29) is 19.2 Å². The van der Waals surface area contributed by atoms with Gasteiger partial charge in [0, 0.05) is 34.2 Å². The Morgan fingerprint density at radius 2 is 1.87 bits per heavy atom. The standard InChI is InChI=1S/C27H29F3IN5O2/c1-5-21-12-23(24-22(8-7-17(4)34-24)36(21)26(37)38-6-2)35(25-32-13-20(31)14-33-25)15-18-9-16(3)10-19(11-18)27(28,29)30/h7-11,13-14,21,23H,5-6,12,15H2,1-4H3/t21-,23+/m1/s1. The van der Waals surface area contributed by atoms with Gasteiger partial charge < -0.3 is 9.64 Å². The van der Waals surface area contributed by atoms with Crippen molar-refractivity contribution in [2.24, 2.45) is 0 Å². The number of aromatic nitrogens is 3. The largest absolute Gasteiger partial charge is 0.449 e. The van der Waals surface area contributed by atoms with Crippen molar-refractivity contribution in [1.29, 1.82) is 0 Å². The van der Waals surface area contributed by atoms with Crippen LogP contribution in [0, 0.1) is 17.4 Å². The minimum Gasteiger partial charge on any atom is -0.449 e. The lowest BCUT2D eigenvalue weighted by Gasteiger charge is -2.43. The van der Waals surface area contributed by atoms with Crippen molar-refractivity contribution in [1.82, 2.24) is 15.0 Å². The van der Waals surface area contributed by atoms with E-state index in [1.54, 1.807) is 37.2 Å². The SMILES string of the molecule is CCOC(=O)N1c2ccc(C)nc2[C@@H](N(Cc2cc(C)cc(C(F)(F)F)c2)c2ncc(I)cn2)C[C@H]1CC. The van der Waals surface area contributed by atoms with Gasteiger partial charge in [-0.15, -0.1) is 0 Å². The predicted octanol–water partition coefficient (Wildman–Crippen LogP) is 7.00. The molecule has 7 nitrogen and oxygen atoms in total. The molecule has 4 rings (SSSR count). The number of nitrogens with zero attached hydrogens (tertiary/aromatic N) is 5. The van der Waals surface area contributed by atoms with Crippen LogP contribution in [0.25, 0.3) is 0 Å². The number of hydrogen-bond acceptors (Lipinski definition) is 6. The highest BCUT2D eigenvalue weighted by Gasteiger charge is 2.40. The Morgan fingerprint density at radius 3 is 2.50 bits per heavy atom. The summed E-state index contributed by atoms with van der Waals surface area (Å²) in [4.78, 5) is 30.4. The zero-order valence-corrected chi connectivity index (χ0v) is 23.7. The van der Waals surface area contributed by atoms with E-state index >= 15 is 0 Å². The summed E-state index contributed by atoms with van der Waals surface area (Å²) in [7, 11) is 0. The second kappa shape index (κ2) is 11.4. The van der Waals surface area contributed by atoms with E-state index in [1.165, 1.54) is 6.07 Å². The van der Waals surface area contributed by atoms with Crippen molar-refractivity contribution >= 4 is 40.3 Å². The van der Waals surface area contributed by atoms with Gasteiger partial charge in [0.15, 0.2) is 0 Å². The molecule has 0 saturated carbocycles. The Labute approximate surface area is 233 Å². The van der Waals surface area contributed by atoms with Crippen LogP contribution in [0.4, 0.5) is 29.6 Å². The van der Waals surface area contributed by atoms with E-state index in [2.05, 4.69) is 32.6 Å². The monoisotopic (exact) mass is 639 g/mol. The van der Waals surface area contributed by atoms with Crippen molar-refractivity contribution in [2.75, 3.05) is 16.4 Å². The van der Waals surface area contributed by atoms with Crippen LogP contribution in [0.1, 0.15) is 60.8 Å². The topological polar surface area (TPSA) is 71.5 Å². The molecule has 0 N–H and O–H groups in total. The number of carbonyl (C=O) groups is 1. The van der Waals surface area contributed by atoms with Crippen molar-refractivity contribution in [3.05, 3.63) is 74.4 Å². The molecule has 0 bridgehead atoms. The highest BCUT2D eigenvalue weighted by Crippen LogP contribution is 2.42. The third-order valence-corrected chi connectivity index (χ3v) is 7.03. The third kappa shape index (κ3) is 6.02. The van der Waals surface area contributed by atoms with Crippen molar-refractivity contribution in [3.8, 4) is 0 Å². The first kappa shape index (κ1) is 28.1. The summed E-state index contributed by atoms with van der Waals surface area (Å²) >= 11 is 2.11. The van der Waals surface area contributed by atoms with E-state index < -0.39 is 23.9 Å². The second-order valence-electron chi connectivity index (χ2n) is 9.27. The molecule has 2 aromatic heterocycles. The average Bonchev–Trinajstić information content (AvgIpc) is 2.86. The van der Waals surface area contributed by atoms with Crippen LogP contribution in [0.3, 0.4) is 0 Å². The number of aryl methyl sites for hydroxylation is 2. The number of amides is 1. The summed E-state index contributed by atoms with van der Waals surface area (Å²) < 4.78 is 47.1. The smallest absolute Gasteiger partial charge is 0.416 e. The molecule has 1 aliphatic rings. The number of carbonyl (C=O) groups excluding carboxylic acids is 1. The normalized spacial score (nSPS) is 17.2. The van der Waals surface area contributed by atoms with Crippen molar-refractivity contribution in [2.45, 2.75) is 65.3 Å². The molecule has 202 valence electrons. The van der Waals surface area contributed by atoms with Crippen LogP contribution in [0.15, 0.2) is 42.7 Å². The Balaban J connectivity index is 1.86. The summed E-state index contributed by atoms with van der Waals surface area (Å²) in [5.41, 5.74) is 2.30. The number of rotatable bonds is 6. The Bertz CT molecular complexity index is 1300. The molecular formula is C27H29F3IN5O2. The summed E-state index contributed by atoms with van der Waals surface area (Å²) in [6, 6.07) is 7.13. The molecule has 1 amide bonds. The highest BCUT2D eigenvalue weighted by molar-refractivity contribution is 14.1. The Kier molecular flexibility index (Phi) is 8.43. The second-order valence-corrected chi connectivity index (χ2v) is 10.5. The average molecular weight is 639 g/mol. The quantitative estimate of drug-likeness (QED) is 0.271. The molecule has 1 aliphatic heterocycles. The number of alkyl halides is 3. The van der Waals surface area contributed by atoms with Crippen LogP contribution in [0.5, 0.6) is 0 Å². The van der Waals surface area contributed by atoms with Crippen LogP contribution < -0.4 is 9.80 Å². The Hall–Kier alpha value is -2.96. The van der Waals surface area contributed by atoms with Gasteiger partial charge in [0.05, 0.1) is 29.6 Å². The molecule has 0 spiro atoms. The number of pyridine rings is 1. The first-order valence-corrected chi connectivity index (χ1v) is 13.4. The lowest BCUT2D eigenvalue weighted by Crippen LogP contribution is -2.48. The van der Waals surface area contributed by atoms with Crippen molar-refractivity contribution < 1.29 is 22.7 Å². The number of anilines is 2. The minimum absolute atomic E-state index is 0.126. The molecule has 38 heavy (non-hydrogen) atoms. The molecule has 3 heterocycles. The minimum atomic E-state index is -4.46. The number of benzene rings is 1. The van der Waals surface area contributed by atoms with Gasteiger partial charge in [-0.3, -0.25) is 9.88 Å². The van der Waals surface area contributed by atoms with E-state index in [4.69, 9.17) is 9.72 Å². The fourth-order valence-corrected chi connectivity index (χ4v) is 5.12. The molecule has 0 radical (unpaired) electrons. The molecule has 0 unspecified atom stereocenters. The summed E-state index contributed by atoms with van der Waals surface area (Å²) in [6.45, 7) is 7.62. The highest BCUT2D eigenvalue weighted by atomic mass is 127. The summed E-state index contributed by atoms with van der Waals surface area (Å²) in [5, 5.41) is 0. The maximum absolute atomic E-state index is 13.6. The zero-order chi connectivity index (χ0) is 27.6. The summed E-state index contributed by atoms with van der Waals surface area (Å²) in [5.74, 6) is 0.374. The third-order valence-electron chi connectivity index (χ3n) is 6.47. The maximum atomic E-state index is 13.6. The fraction of sp³-hybridized carbons (Fsp3) is 0.407. The van der Waals surface area contributed by atoms with E-state index in [1.807, 2.05) is 30.9 Å². The lowest BCUT2D eigenvalue weighted by molar-refractivity contribution is -0.137. The van der Waals surface area contributed by atoms with Gasteiger partial charge >= 0.3 is 12.3 Å². The van der Waals surface area contributed by atoms with Crippen LogP contribution in [-0.2, 0) is 17.5 Å².